The van der Waals surface area contributed by atoms with Crippen LogP contribution in [0.25, 0.3) is 11.5 Å². The number of hydrogen-bond acceptors (Lipinski definition) is 5. The number of thioether (sulfide) groups is 1. The molecule has 4 aromatic rings. The van der Waals surface area contributed by atoms with Crippen molar-refractivity contribution in [2.75, 3.05) is 7.11 Å². The van der Waals surface area contributed by atoms with Crippen molar-refractivity contribution in [2.45, 2.75) is 58.1 Å². The number of hydrogen-bond donors (Lipinski definition) is 1. The molecular formula is C36H36Cl2F2N2O3S. The molecular weight excluding hydrogens is 649 g/mol. The van der Waals surface area contributed by atoms with Gasteiger partial charge in [-0.1, -0.05) is 86.3 Å². The fourth-order valence-corrected chi connectivity index (χ4v) is 8.08. The lowest BCUT2D eigenvalue weighted by Crippen LogP contribution is -2.29. The van der Waals surface area contributed by atoms with Crippen LogP contribution in [0.4, 0.5) is 8.78 Å². The molecule has 0 bridgehead atoms. The van der Waals surface area contributed by atoms with Gasteiger partial charge in [-0.05, 0) is 83.5 Å². The highest BCUT2D eigenvalue weighted by Gasteiger charge is 2.36. The number of nitrogens with zero attached hydrogens (tertiary/aromatic N) is 1. The van der Waals surface area contributed by atoms with Crippen molar-refractivity contribution >= 4 is 35.0 Å². The highest BCUT2D eigenvalue weighted by Crippen LogP contribution is 2.49. The molecule has 0 saturated carbocycles. The SMILES string of the molecule is COc1cc(C(C)(C)C2=CC(C)C(C)=C(SCc3c(F)cc(-c4n[nH]c(=O)o4)cc3Cl)CC(c3ccc(F)cc3)C2C)ccc1Cl. The molecule has 0 fully saturated rings. The molecule has 1 heterocycles. The summed E-state index contributed by atoms with van der Waals surface area (Å²) < 4.78 is 40.0. The molecule has 5 nitrogen and oxygen atoms in total. The van der Waals surface area contributed by atoms with Crippen LogP contribution in [0.3, 0.4) is 0 Å². The Morgan fingerprint density at radius 2 is 1.78 bits per heavy atom. The molecule has 242 valence electrons. The Balaban J connectivity index is 1.54. The Morgan fingerprint density at radius 3 is 2.41 bits per heavy atom. The molecule has 3 unspecified atom stereocenters. The van der Waals surface area contributed by atoms with Crippen molar-refractivity contribution in [3.05, 3.63) is 126 Å². The van der Waals surface area contributed by atoms with E-state index in [1.165, 1.54) is 29.3 Å². The quantitative estimate of drug-likeness (QED) is 0.187. The Labute approximate surface area is 282 Å². The monoisotopic (exact) mass is 684 g/mol. The van der Waals surface area contributed by atoms with Crippen molar-refractivity contribution in [3.8, 4) is 17.2 Å². The highest BCUT2D eigenvalue weighted by molar-refractivity contribution is 8.02. The van der Waals surface area contributed by atoms with Crippen LogP contribution in [0.5, 0.6) is 5.75 Å². The normalized spacial score (nSPS) is 19.1. The van der Waals surface area contributed by atoms with Gasteiger partial charge in [0, 0.05) is 27.3 Å². The van der Waals surface area contributed by atoms with E-state index in [0.29, 0.717) is 28.5 Å². The predicted molar refractivity (Wildman–Crippen MR) is 183 cm³/mol. The second kappa shape index (κ2) is 13.8. The maximum absolute atomic E-state index is 15.4. The molecule has 0 saturated heterocycles. The molecule has 0 radical (unpaired) electrons. The maximum atomic E-state index is 15.4. The average molecular weight is 686 g/mol. The van der Waals surface area contributed by atoms with Gasteiger partial charge in [0.25, 0.3) is 0 Å². The summed E-state index contributed by atoms with van der Waals surface area (Å²) in [6.45, 7) is 11.0. The molecule has 3 aromatic carbocycles. The molecule has 1 aromatic heterocycles. The molecule has 0 amide bonds. The van der Waals surface area contributed by atoms with E-state index in [0.717, 1.165) is 16.0 Å². The van der Waals surface area contributed by atoms with Crippen LogP contribution in [0.15, 0.2) is 85.9 Å². The minimum atomic E-state index is -0.731. The number of aromatic amines is 1. The Morgan fingerprint density at radius 1 is 1.07 bits per heavy atom. The van der Waals surface area contributed by atoms with Crippen molar-refractivity contribution in [1.82, 2.24) is 10.2 Å². The molecule has 46 heavy (non-hydrogen) atoms. The number of halogens is 4. The fraction of sp³-hybridized carbons (Fsp3) is 0.333. The Hall–Kier alpha value is -3.33. The van der Waals surface area contributed by atoms with Crippen LogP contribution in [0.1, 0.15) is 63.6 Å². The molecule has 0 spiro atoms. The first-order valence-corrected chi connectivity index (χ1v) is 16.7. The van der Waals surface area contributed by atoms with E-state index in [1.807, 2.05) is 30.3 Å². The number of methoxy groups -OCH3 is 1. The maximum Gasteiger partial charge on any atom is 0.434 e. The van der Waals surface area contributed by atoms with Gasteiger partial charge < -0.3 is 9.15 Å². The molecule has 3 atom stereocenters. The second-order valence-electron chi connectivity index (χ2n) is 12.3. The first-order valence-electron chi connectivity index (χ1n) is 15.0. The lowest BCUT2D eigenvalue weighted by molar-refractivity contribution is 0.409. The standard InChI is InChI=1S/C36H36Cl2F2N2O3S/c1-19-13-28(36(4,5)24-9-12-29(37)32(16-24)44-6)21(3)26(22-7-10-25(39)11-8-22)17-33(20(19)2)46-18-27-30(38)14-23(15-31(27)40)34-41-42-35(43)45-34/h7-16,19,21,26H,17-18H2,1-6H3,(H,42,43). The van der Waals surface area contributed by atoms with E-state index in [9.17, 15) is 9.18 Å². The molecule has 1 N–H and O–H groups in total. The highest BCUT2D eigenvalue weighted by atomic mass is 35.5. The molecule has 1 aliphatic carbocycles. The van der Waals surface area contributed by atoms with Crippen LogP contribution in [0, 0.1) is 23.5 Å². The Bertz CT molecular complexity index is 1840. The summed E-state index contributed by atoms with van der Waals surface area (Å²) in [4.78, 5) is 12.5. The minimum absolute atomic E-state index is 0.00975. The van der Waals surface area contributed by atoms with E-state index in [4.69, 9.17) is 32.4 Å². The third-order valence-corrected chi connectivity index (χ3v) is 11.1. The summed E-state index contributed by atoms with van der Waals surface area (Å²) in [5, 5.41) is 6.73. The van der Waals surface area contributed by atoms with Crippen LogP contribution in [-0.4, -0.2) is 17.3 Å². The summed E-state index contributed by atoms with van der Waals surface area (Å²) >= 11 is 14.5. The lowest BCUT2D eigenvalue weighted by Gasteiger charge is -2.40. The van der Waals surface area contributed by atoms with Crippen LogP contribution >= 0.6 is 35.0 Å². The third-order valence-electron chi connectivity index (χ3n) is 9.16. The van der Waals surface area contributed by atoms with Gasteiger partial charge in [-0.25, -0.2) is 18.7 Å². The smallest absolute Gasteiger partial charge is 0.434 e. The van der Waals surface area contributed by atoms with Crippen molar-refractivity contribution < 1.29 is 17.9 Å². The van der Waals surface area contributed by atoms with Gasteiger partial charge in [-0.15, -0.1) is 16.9 Å². The minimum Gasteiger partial charge on any atom is -0.495 e. The number of nitrogens with one attached hydrogen (secondary N) is 1. The number of aromatic nitrogens is 2. The van der Waals surface area contributed by atoms with Crippen molar-refractivity contribution in [2.24, 2.45) is 11.8 Å². The number of benzene rings is 3. The number of allylic oxidation sites excluding steroid dienone is 4. The van der Waals surface area contributed by atoms with Gasteiger partial charge >= 0.3 is 5.76 Å². The zero-order valence-electron chi connectivity index (χ0n) is 26.5. The first-order chi connectivity index (χ1) is 21.8. The van der Waals surface area contributed by atoms with E-state index >= 15 is 4.39 Å². The van der Waals surface area contributed by atoms with Crippen molar-refractivity contribution in [1.29, 1.82) is 0 Å². The van der Waals surface area contributed by atoms with E-state index in [1.54, 1.807) is 24.9 Å². The topological polar surface area (TPSA) is 68.1 Å². The molecule has 5 rings (SSSR count). The predicted octanol–water partition coefficient (Wildman–Crippen LogP) is 10.5. The van der Waals surface area contributed by atoms with Gasteiger partial charge in [0.05, 0.1) is 12.1 Å². The third kappa shape index (κ3) is 6.99. The number of H-pyrrole nitrogens is 1. The van der Waals surface area contributed by atoms with Crippen LogP contribution in [-0.2, 0) is 11.2 Å². The van der Waals surface area contributed by atoms with Gasteiger partial charge in [-0.2, -0.15) is 0 Å². The summed E-state index contributed by atoms with van der Waals surface area (Å²) in [6, 6.07) is 15.5. The summed E-state index contributed by atoms with van der Waals surface area (Å²) in [6.07, 6.45) is 3.03. The first kappa shape index (κ1) is 34.0. The molecule has 1 aliphatic rings. The van der Waals surface area contributed by atoms with Gasteiger partial charge in [0.15, 0.2) is 0 Å². The summed E-state index contributed by atoms with van der Waals surface area (Å²) in [5.74, 6) is -0.474. The summed E-state index contributed by atoms with van der Waals surface area (Å²) in [7, 11) is 1.61. The van der Waals surface area contributed by atoms with Gasteiger partial charge in [0.2, 0.25) is 5.89 Å². The van der Waals surface area contributed by atoms with Crippen molar-refractivity contribution in [3.63, 3.8) is 0 Å². The average Bonchev–Trinajstić information content (AvgIpc) is 3.46. The molecule has 0 aliphatic heterocycles. The summed E-state index contributed by atoms with van der Waals surface area (Å²) in [5.41, 5.74) is 4.79. The lowest BCUT2D eigenvalue weighted by atomic mass is 9.66. The van der Waals surface area contributed by atoms with E-state index in [-0.39, 0.29) is 45.5 Å². The zero-order chi connectivity index (χ0) is 33.3. The van der Waals surface area contributed by atoms with Gasteiger partial charge in [-0.3, -0.25) is 0 Å². The second-order valence-corrected chi connectivity index (χ2v) is 14.2. The van der Waals surface area contributed by atoms with Crippen LogP contribution < -0.4 is 10.5 Å². The largest absolute Gasteiger partial charge is 0.495 e. The van der Waals surface area contributed by atoms with E-state index in [2.05, 4.69) is 50.9 Å². The molecule has 10 heteroatoms. The van der Waals surface area contributed by atoms with Crippen LogP contribution in [0.2, 0.25) is 10.0 Å². The zero-order valence-corrected chi connectivity index (χ0v) is 28.8. The fourth-order valence-electron chi connectivity index (χ4n) is 6.21. The number of ether oxygens (including phenoxy) is 1. The van der Waals surface area contributed by atoms with E-state index < -0.39 is 11.6 Å². The Kier molecular flexibility index (Phi) is 10.2. The number of rotatable bonds is 8. The van der Waals surface area contributed by atoms with Gasteiger partial charge in [0.1, 0.15) is 17.4 Å².